The lowest BCUT2D eigenvalue weighted by atomic mass is 9.93. The Morgan fingerprint density at radius 1 is 1.32 bits per heavy atom. The first-order chi connectivity index (χ1) is 10.6. The van der Waals surface area contributed by atoms with Crippen LogP contribution in [0, 0.1) is 17.6 Å². The van der Waals surface area contributed by atoms with Crippen LogP contribution < -0.4 is 10.1 Å². The molecule has 1 heterocycles. The van der Waals surface area contributed by atoms with E-state index in [4.69, 9.17) is 4.74 Å². The predicted molar refractivity (Wildman–Crippen MR) is 80.1 cm³/mol. The molecular formula is C16H22F2N2O2. The van der Waals surface area contributed by atoms with Crippen molar-refractivity contribution in [2.75, 3.05) is 33.8 Å². The number of piperidine rings is 1. The van der Waals surface area contributed by atoms with Crippen LogP contribution in [0.3, 0.4) is 0 Å². The van der Waals surface area contributed by atoms with Crippen LogP contribution in [0.2, 0.25) is 0 Å². The van der Waals surface area contributed by atoms with E-state index in [0.717, 1.165) is 37.9 Å². The largest absolute Gasteiger partial charge is 0.493 e. The smallest absolute Gasteiger partial charge is 0.260 e. The maximum atomic E-state index is 14.0. The Labute approximate surface area is 129 Å². The summed E-state index contributed by atoms with van der Waals surface area (Å²) in [7, 11) is 3.15. The Kier molecular flexibility index (Phi) is 5.71. The number of nitrogens with zero attached hydrogens (tertiary/aromatic N) is 1. The number of halogens is 2. The molecule has 22 heavy (non-hydrogen) atoms. The third-order valence-electron chi connectivity index (χ3n) is 4.18. The van der Waals surface area contributed by atoms with Gasteiger partial charge in [-0.2, -0.15) is 0 Å². The second kappa shape index (κ2) is 7.54. The predicted octanol–water partition coefficient (Wildman–Crippen LogP) is 2.44. The van der Waals surface area contributed by atoms with Gasteiger partial charge in [0.05, 0.1) is 7.11 Å². The van der Waals surface area contributed by atoms with E-state index in [1.54, 1.807) is 4.90 Å². The highest BCUT2D eigenvalue weighted by Crippen LogP contribution is 2.28. The zero-order chi connectivity index (χ0) is 16.1. The van der Waals surface area contributed by atoms with E-state index in [-0.39, 0.29) is 11.3 Å². The molecule has 0 aliphatic carbocycles. The Balaban J connectivity index is 2.09. The van der Waals surface area contributed by atoms with Crippen LogP contribution in [0.5, 0.6) is 5.75 Å². The molecule has 0 unspecified atom stereocenters. The number of carbonyl (C=O) groups excluding carboxylic acids is 1. The van der Waals surface area contributed by atoms with Gasteiger partial charge in [0, 0.05) is 13.1 Å². The Morgan fingerprint density at radius 2 is 1.95 bits per heavy atom. The Bertz CT molecular complexity index is 529. The van der Waals surface area contributed by atoms with Crippen molar-refractivity contribution in [1.82, 2.24) is 10.2 Å². The highest BCUT2D eigenvalue weighted by molar-refractivity contribution is 5.97. The van der Waals surface area contributed by atoms with E-state index >= 15 is 0 Å². The number of amides is 1. The summed E-state index contributed by atoms with van der Waals surface area (Å²) >= 11 is 0. The molecule has 0 radical (unpaired) electrons. The number of hydrogen-bond acceptors (Lipinski definition) is 3. The van der Waals surface area contributed by atoms with Gasteiger partial charge in [-0.25, -0.2) is 8.78 Å². The standard InChI is InChI=1S/C16H22F2N2O2/c1-19-8-5-11-6-9-20(10-7-11)16(21)14-12(17)3-4-13(18)15(14)22-2/h3-4,11,19H,5-10H2,1-2H3. The first kappa shape index (κ1) is 16.7. The number of nitrogens with one attached hydrogen (secondary N) is 1. The van der Waals surface area contributed by atoms with Crippen LogP contribution in [0.1, 0.15) is 29.6 Å². The minimum atomic E-state index is -0.749. The topological polar surface area (TPSA) is 41.6 Å². The van der Waals surface area contributed by atoms with Gasteiger partial charge in [0.25, 0.3) is 5.91 Å². The first-order valence-corrected chi connectivity index (χ1v) is 7.54. The molecule has 122 valence electrons. The summed E-state index contributed by atoms with van der Waals surface area (Å²) in [6.07, 6.45) is 2.83. The average molecular weight is 312 g/mol. The van der Waals surface area contributed by atoms with Crippen LogP contribution in [0.25, 0.3) is 0 Å². The number of hydrogen-bond donors (Lipinski definition) is 1. The minimum absolute atomic E-state index is 0.309. The van der Waals surface area contributed by atoms with Crippen molar-refractivity contribution >= 4 is 5.91 Å². The fraction of sp³-hybridized carbons (Fsp3) is 0.562. The number of carbonyl (C=O) groups is 1. The van der Waals surface area contributed by atoms with Gasteiger partial charge >= 0.3 is 0 Å². The molecule has 0 saturated carbocycles. The summed E-state index contributed by atoms with van der Waals surface area (Å²) < 4.78 is 32.5. The molecule has 6 heteroatoms. The molecule has 1 saturated heterocycles. The molecule has 1 aromatic rings. The lowest BCUT2D eigenvalue weighted by Gasteiger charge is -2.32. The molecule has 1 fully saturated rings. The highest BCUT2D eigenvalue weighted by atomic mass is 19.1. The van der Waals surface area contributed by atoms with Crippen molar-refractivity contribution < 1.29 is 18.3 Å². The van der Waals surface area contributed by atoms with Crippen LogP contribution in [0.4, 0.5) is 8.78 Å². The number of methoxy groups -OCH3 is 1. The number of rotatable bonds is 5. The lowest BCUT2D eigenvalue weighted by molar-refractivity contribution is 0.0677. The van der Waals surface area contributed by atoms with Crippen molar-refractivity contribution in [1.29, 1.82) is 0 Å². The third-order valence-corrected chi connectivity index (χ3v) is 4.18. The highest BCUT2D eigenvalue weighted by Gasteiger charge is 2.28. The number of benzene rings is 1. The second-order valence-electron chi connectivity index (χ2n) is 5.57. The van der Waals surface area contributed by atoms with Crippen LogP contribution in [-0.4, -0.2) is 44.6 Å². The number of ether oxygens (including phenoxy) is 1. The molecule has 1 aromatic carbocycles. The quantitative estimate of drug-likeness (QED) is 0.908. The average Bonchev–Trinajstić information content (AvgIpc) is 2.54. The molecule has 4 nitrogen and oxygen atoms in total. The first-order valence-electron chi connectivity index (χ1n) is 7.54. The summed E-state index contributed by atoms with van der Waals surface area (Å²) in [5.74, 6) is -1.73. The summed E-state index contributed by atoms with van der Waals surface area (Å²) in [5, 5.41) is 3.12. The van der Waals surface area contributed by atoms with Crippen LogP contribution in [-0.2, 0) is 0 Å². The molecule has 2 rings (SSSR count). The van der Waals surface area contributed by atoms with E-state index in [1.165, 1.54) is 7.11 Å². The van der Waals surface area contributed by atoms with Crippen LogP contribution in [0.15, 0.2) is 12.1 Å². The Morgan fingerprint density at radius 3 is 2.55 bits per heavy atom. The SMILES string of the molecule is CNCCC1CCN(C(=O)c2c(F)ccc(F)c2OC)CC1. The molecule has 1 aliphatic heterocycles. The zero-order valence-electron chi connectivity index (χ0n) is 13.0. The van der Waals surface area contributed by atoms with Gasteiger partial charge < -0.3 is 15.0 Å². The van der Waals surface area contributed by atoms with E-state index in [9.17, 15) is 13.6 Å². The van der Waals surface area contributed by atoms with Gasteiger partial charge in [-0.3, -0.25) is 4.79 Å². The van der Waals surface area contributed by atoms with E-state index in [0.29, 0.717) is 19.0 Å². The fourth-order valence-corrected chi connectivity index (χ4v) is 2.86. The maximum absolute atomic E-state index is 14.0. The lowest BCUT2D eigenvalue weighted by Crippen LogP contribution is -2.39. The summed E-state index contributed by atoms with van der Waals surface area (Å²) in [4.78, 5) is 14.1. The molecule has 0 spiro atoms. The van der Waals surface area contributed by atoms with Crippen molar-refractivity contribution in [3.8, 4) is 5.75 Å². The Hall–Kier alpha value is -1.69. The van der Waals surface area contributed by atoms with E-state index in [1.807, 2.05) is 7.05 Å². The summed E-state index contributed by atoms with van der Waals surface area (Å²) in [6, 6.07) is 1.93. The van der Waals surface area contributed by atoms with Crippen molar-refractivity contribution in [3.05, 3.63) is 29.3 Å². The molecule has 1 aliphatic rings. The van der Waals surface area contributed by atoms with Crippen molar-refractivity contribution in [2.24, 2.45) is 5.92 Å². The van der Waals surface area contributed by atoms with Gasteiger partial charge in [-0.05, 0) is 50.9 Å². The van der Waals surface area contributed by atoms with Gasteiger partial charge in [0.1, 0.15) is 11.4 Å². The number of likely N-dealkylation sites (tertiary alicyclic amines) is 1. The molecule has 1 N–H and O–H groups in total. The molecule has 1 amide bonds. The fourth-order valence-electron chi connectivity index (χ4n) is 2.86. The zero-order valence-corrected chi connectivity index (χ0v) is 13.0. The molecule has 0 aromatic heterocycles. The van der Waals surface area contributed by atoms with Gasteiger partial charge in [-0.15, -0.1) is 0 Å². The second-order valence-corrected chi connectivity index (χ2v) is 5.57. The van der Waals surface area contributed by atoms with E-state index < -0.39 is 17.5 Å². The normalized spacial score (nSPS) is 15.9. The monoisotopic (exact) mass is 312 g/mol. The molecular weight excluding hydrogens is 290 g/mol. The third kappa shape index (κ3) is 3.55. The van der Waals surface area contributed by atoms with Crippen LogP contribution >= 0.6 is 0 Å². The molecule has 0 bridgehead atoms. The van der Waals surface area contributed by atoms with Crippen molar-refractivity contribution in [2.45, 2.75) is 19.3 Å². The summed E-state index contributed by atoms with van der Waals surface area (Å²) in [5.41, 5.74) is -0.309. The van der Waals surface area contributed by atoms with Crippen molar-refractivity contribution in [3.63, 3.8) is 0 Å². The van der Waals surface area contributed by atoms with E-state index in [2.05, 4.69) is 5.32 Å². The van der Waals surface area contributed by atoms with Gasteiger partial charge in [0.15, 0.2) is 11.6 Å². The maximum Gasteiger partial charge on any atom is 0.260 e. The minimum Gasteiger partial charge on any atom is -0.493 e. The summed E-state index contributed by atoms with van der Waals surface area (Å²) in [6.45, 7) is 2.07. The van der Waals surface area contributed by atoms with Gasteiger partial charge in [0.2, 0.25) is 0 Å². The van der Waals surface area contributed by atoms with Gasteiger partial charge in [-0.1, -0.05) is 0 Å². The molecule has 0 atom stereocenters.